The first-order chi connectivity index (χ1) is 9.85. The van der Waals surface area contributed by atoms with Gasteiger partial charge < -0.3 is 5.73 Å². The van der Waals surface area contributed by atoms with Gasteiger partial charge in [0.05, 0.1) is 23.0 Å². The number of anilines is 2. The molecule has 5 nitrogen and oxygen atoms in total. The lowest BCUT2D eigenvalue weighted by Crippen LogP contribution is -2.16. The number of nitriles is 1. The van der Waals surface area contributed by atoms with Crippen molar-refractivity contribution in [3.8, 4) is 6.07 Å². The number of nitrogens with two attached hydrogens (primary N) is 1. The Bertz CT molecular complexity index is 845. The highest BCUT2D eigenvalue weighted by atomic mass is 32.2. The van der Waals surface area contributed by atoms with E-state index in [-0.39, 0.29) is 16.1 Å². The van der Waals surface area contributed by atoms with Crippen molar-refractivity contribution in [3.63, 3.8) is 0 Å². The van der Waals surface area contributed by atoms with E-state index in [1.807, 2.05) is 10.8 Å². The van der Waals surface area contributed by atoms with Crippen molar-refractivity contribution >= 4 is 21.4 Å². The van der Waals surface area contributed by atoms with Crippen LogP contribution >= 0.6 is 0 Å². The van der Waals surface area contributed by atoms with Gasteiger partial charge in [-0.3, -0.25) is 4.72 Å². The van der Waals surface area contributed by atoms with Gasteiger partial charge >= 0.3 is 0 Å². The summed E-state index contributed by atoms with van der Waals surface area (Å²) < 4.78 is 52.7. The highest BCUT2D eigenvalue weighted by Gasteiger charge is 2.20. The summed E-state index contributed by atoms with van der Waals surface area (Å²) in [6.07, 6.45) is 0. The largest absolute Gasteiger partial charge is 0.398 e. The van der Waals surface area contributed by atoms with Crippen LogP contribution in [0.15, 0.2) is 41.3 Å². The van der Waals surface area contributed by atoms with E-state index in [0.717, 1.165) is 18.2 Å². The molecule has 0 aromatic heterocycles. The highest BCUT2D eigenvalue weighted by molar-refractivity contribution is 7.92. The minimum absolute atomic E-state index is 0.168. The summed E-state index contributed by atoms with van der Waals surface area (Å²) in [6.45, 7) is 0. The maximum Gasteiger partial charge on any atom is 0.264 e. The second-order valence-corrected chi connectivity index (χ2v) is 5.72. The fourth-order valence-corrected chi connectivity index (χ4v) is 2.82. The molecule has 0 saturated heterocycles. The van der Waals surface area contributed by atoms with Gasteiger partial charge in [-0.05, 0) is 30.3 Å². The Balaban J connectivity index is 2.44. The third-order valence-electron chi connectivity index (χ3n) is 2.62. The predicted molar refractivity (Wildman–Crippen MR) is 72.7 cm³/mol. The number of nitrogen functional groups attached to an aromatic ring is 1. The molecule has 3 N–H and O–H groups in total. The number of nitrogens with zero attached hydrogens (tertiary/aromatic N) is 1. The molecule has 0 bridgehead atoms. The lowest BCUT2D eigenvalue weighted by molar-refractivity contribution is 0.511. The van der Waals surface area contributed by atoms with E-state index in [9.17, 15) is 17.2 Å². The Hall–Kier alpha value is -2.66. The molecule has 0 spiro atoms. The molecule has 0 heterocycles. The summed E-state index contributed by atoms with van der Waals surface area (Å²) in [5, 5.41) is 8.70. The van der Waals surface area contributed by atoms with Gasteiger partial charge in [-0.1, -0.05) is 6.07 Å². The first kappa shape index (κ1) is 14.7. The first-order valence-electron chi connectivity index (χ1n) is 5.61. The molecule has 0 aliphatic rings. The van der Waals surface area contributed by atoms with Gasteiger partial charge in [0, 0.05) is 0 Å². The molecule has 0 fully saturated rings. The Morgan fingerprint density at radius 3 is 2.52 bits per heavy atom. The monoisotopic (exact) mass is 309 g/mol. The van der Waals surface area contributed by atoms with E-state index in [1.165, 1.54) is 18.2 Å². The number of halogens is 2. The van der Waals surface area contributed by atoms with E-state index >= 15 is 0 Å². The van der Waals surface area contributed by atoms with E-state index in [1.54, 1.807) is 0 Å². The first-order valence-corrected chi connectivity index (χ1v) is 7.10. The van der Waals surface area contributed by atoms with Crippen LogP contribution in [0.4, 0.5) is 20.2 Å². The van der Waals surface area contributed by atoms with Crippen molar-refractivity contribution < 1.29 is 17.2 Å². The average molecular weight is 309 g/mol. The highest BCUT2D eigenvalue weighted by Crippen LogP contribution is 2.24. The van der Waals surface area contributed by atoms with Crippen LogP contribution in [0.2, 0.25) is 0 Å². The van der Waals surface area contributed by atoms with Gasteiger partial charge in [-0.15, -0.1) is 0 Å². The number of hydrogen-bond donors (Lipinski definition) is 2. The van der Waals surface area contributed by atoms with E-state index in [2.05, 4.69) is 0 Å². The van der Waals surface area contributed by atoms with E-state index in [4.69, 9.17) is 11.0 Å². The predicted octanol–water partition coefficient (Wildman–Crippen LogP) is 2.22. The van der Waals surface area contributed by atoms with Crippen molar-refractivity contribution in [2.24, 2.45) is 0 Å². The molecule has 0 atom stereocenters. The molecule has 0 radical (unpaired) electrons. The standard InChI is InChI=1S/C13H9F2N3O2S/c14-9-2-1-3-11(13(9)15)18-21(19,20)12-5-4-8(7-16)6-10(12)17/h1-6,18H,17H2. The topological polar surface area (TPSA) is 96.0 Å². The zero-order valence-electron chi connectivity index (χ0n) is 10.5. The Labute approximate surface area is 119 Å². The van der Waals surface area contributed by atoms with Crippen LogP contribution in [0.5, 0.6) is 0 Å². The smallest absolute Gasteiger partial charge is 0.264 e. The van der Waals surface area contributed by atoms with Crippen molar-refractivity contribution in [3.05, 3.63) is 53.6 Å². The number of hydrogen-bond acceptors (Lipinski definition) is 4. The number of benzene rings is 2. The fourth-order valence-electron chi connectivity index (χ4n) is 1.65. The quantitative estimate of drug-likeness (QED) is 0.850. The zero-order chi connectivity index (χ0) is 15.6. The SMILES string of the molecule is N#Cc1ccc(S(=O)(=O)Nc2cccc(F)c2F)c(N)c1. The maximum absolute atomic E-state index is 13.5. The lowest BCUT2D eigenvalue weighted by atomic mass is 10.2. The molecule has 0 unspecified atom stereocenters. The van der Waals surface area contributed by atoms with Crippen LogP contribution in [0.1, 0.15) is 5.56 Å². The van der Waals surface area contributed by atoms with Crippen molar-refractivity contribution in [2.45, 2.75) is 4.90 Å². The van der Waals surface area contributed by atoms with E-state index in [0.29, 0.717) is 0 Å². The third kappa shape index (κ3) is 2.93. The Kier molecular flexibility index (Phi) is 3.78. The van der Waals surface area contributed by atoms with Crippen LogP contribution < -0.4 is 10.5 Å². The molecule has 2 aromatic rings. The molecular weight excluding hydrogens is 300 g/mol. The Morgan fingerprint density at radius 2 is 1.90 bits per heavy atom. The van der Waals surface area contributed by atoms with Crippen molar-refractivity contribution in [1.82, 2.24) is 0 Å². The summed E-state index contributed by atoms with van der Waals surface area (Å²) in [6, 6.07) is 8.47. The molecular formula is C13H9F2N3O2S. The molecule has 108 valence electrons. The van der Waals surface area contributed by atoms with Crippen LogP contribution in [-0.2, 0) is 10.0 Å². The number of rotatable bonds is 3. The number of nitrogens with one attached hydrogen (secondary N) is 1. The van der Waals surface area contributed by atoms with Crippen LogP contribution in [0, 0.1) is 23.0 Å². The molecule has 8 heteroatoms. The van der Waals surface area contributed by atoms with Crippen LogP contribution in [-0.4, -0.2) is 8.42 Å². The summed E-state index contributed by atoms with van der Waals surface area (Å²) in [5.41, 5.74) is 5.05. The van der Waals surface area contributed by atoms with E-state index < -0.39 is 27.3 Å². The summed E-state index contributed by atoms with van der Waals surface area (Å²) in [4.78, 5) is -0.329. The molecule has 0 aliphatic heterocycles. The van der Waals surface area contributed by atoms with Gasteiger partial charge in [-0.2, -0.15) is 5.26 Å². The van der Waals surface area contributed by atoms with Crippen molar-refractivity contribution in [1.29, 1.82) is 5.26 Å². The molecule has 0 aliphatic carbocycles. The van der Waals surface area contributed by atoms with Gasteiger partial charge in [0.2, 0.25) is 0 Å². The summed E-state index contributed by atoms with van der Waals surface area (Å²) >= 11 is 0. The lowest BCUT2D eigenvalue weighted by Gasteiger charge is -2.11. The van der Waals surface area contributed by atoms with Crippen LogP contribution in [0.3, 0.4) is 0 Å². The normalized spacial score (nSPS) is 10.9. The minimum Gasteiger partial charge on any atom is -0.398 e. The van der Waals surface area contributed by atoms with Crippen molar-refractivity contribution in [2.75, 3.05) is 10.5 Å². The van der Waals surface area contributed by atoms with Gasteiger partial charge in [0.1, 0.15) is 4.90 Å². The molecule has 0 saturated carbocycles. The van der Waals surface area contributed by atoms with Gasteiger partial charge in [-0.25, -0.2) is 17.2 Å². The number of sulfonamides is 1. The second-order valence-electron chi connectivity index (χ2n) is 4.07. The average Bonchev–Trinajstić information content (AvgIpc) is 2.43. The molecule has 0 amide bonds. The van der Waals surface area contributed by atoms with Gasteiger partial charge in [0.25, 0.3) is 10.0 Å². The minimum atomic E-state index is -4.20. The zero-order valence-corrected chi connectivity index (χ0v) is 11.3. The third-order valence-corrected chi connectivity index (χ3v) is 4.06. The molecule has 2 aromatic carbocycles. The summed E-state index contributed by atoms with van der Waals surface area (Å²) in [5.74, 6) is -2.49. The second kappa shape index (κ2) is 5.38. The molecule has 2 rings (SSSR count). The van der Waals surface area contributed by atoms with Gasteiger partial charge in [0.15, 0.2) is 11.6 Å². The maximum atomic E-state index is 13.5. The van der Waals surface area contributed by atoms with Crippen LogP contribution in [0.25, 0.3) is 0 Å². The Morgan fingerprint density at radius 1 is 1.19 bits per heavy atom. The fraction of sp³-hybridized carbons (Fsp3) is 0. The molecule has 21 heavy (non-hydrogen) atoms. The summed E-state index contributed by atoms with van der Waals surface area (Å²) in [7, 11) is -4.20.